The molecule has 3 aliphatic rings. The lowest BCUT2D eigenvalue weighted by Gasteiger charge is -2.61. The van der Waals surface area contributed by atoms with Crippen molar-refractivity contribution in [1.82, 2.24) is 4.90 Å². The minimum absolute atomic E-state index is 0.00148. The molecule has 0 spiro atoms. The normalized spacial score (nSPS) is 28.9. The SMILES string of the molecule is COc1c(C)c(OCC2C(C)(O)CCC3C(C)(C)CCCC32C)c2c(c1C(=O)O)CN(C(CCC(=O)O)C(=O)O)C2=O. The molecule has 0 radical (unpaired) electrons. The van der Waals surface area contributed by atoms with Gasteiger partial charge in [-0.25, -0.2) is 9.59 Å². The van der Waals surface area contributed by atoms with Crippen molar-refractivity contribution in [3.8, 4) is 11.5 Å². The van der Waals surface area contributed by atoms with E-state index in [1.165, 1.54) is 7.11 Å². The molecule has 0 aromatic heterocycles. The molecule has 0 saturated heterocycles. The van der Waals surface area contributed by atoms with Gasteiger partial charge in [-0.2, -0.15) is 0 Å². The van der Waals surface area contributed by atoms with Crippen LogP contribution in [0.3, 0.4) is 0 Å². The van der Waals surface area contributed by atoms with Gasteiger partial charge in [0.15, 0.2) is 0 Å². The summed E-state index contributed by atoms with van der Waals surface area (Å²) >= 11 is 0. The summed E-state index contributed by atoms with van der Waals surface area (Å²) < 4.78 is 11.9. The highest BCUT2D eigenvalue weighted by Crippen LogP contribution is 2.62. The Balaban J connectivity index is 1.79. The minimum Gasteiger partial charge on any atom is -0.495 e. The van der Waals surface area contributed by atoms with Gasteiger partial charge in [0.25, 0.3) is 5.91 Å². The Bertz CT molecular complexity index is 1300. The lowest BCUT2D eigenvalue weighted by atomic mass is 9.46. The number of rotatable bonds is 10. The van der Waals surface area contributed by atoms with E-state index in [0.29, 0.717) is 12.3 Å². The van der Waals surface area contributed by atoms with E-state index in [2.05, 4.69) is 20.8 Å². The summed E-state index contributed by atoms with van der Waals surface area (Å²) in [7, 11) is 1.31. The van der Waals surface area contributed by atoms with Crippen molar-refractivity contribution in [1.29, 1.82) is 0 Å². The van der Waals surface area contributed by atoms with Crippen molar-refractivity contribution in [2.75, 3.05) is 13.7 Å². The summed E-state index contributed by atoms with van der Waals surface area (Å²) in [5.74, 6) is -4.54. The van der Waals surface area contributed by atoms with Crippen molar-refractivity contribution in [3.05, 3.63) is 22.3 Å². The first-order chi connectivity index (χ1) is 19.5. The molecule has 2 aliphatic carbocycles. The molecule has 2 fully saturated rings. The number of amides is 1. The fourth-order valence-corrected chi connectivity index (χ4v) is 8.39. The van der Waals surface area contributed by atoms with Crippen LogP contribution in [0.1, 0.15) is 104 Å². The highest BCUT2D eigenvalue weighted by molar-refractivity contribution is 6.08. The minimum atomic E-state index is -1.48. The van der Waals surface area contributed by atoms with Crippen LogP contribution in [0, 0.1) is 29.6 Å². The van der Waals surface area contributed by atoms with Crippen LogP contribution in [-0.2, 0) is 16.1 Å². The van der Waals surface area contributed by atoms with Crippen LogP contribution in [0.2, 0.25) is 0 Å². The number of carbonyl (C=O) groups excluding carboxylic acids is 1. The molecule has 11 nitrogen and oxygen atoms in total. The molecular weight excluding hydrogens is 546 g/mol. The number of hydrogen-bond acceptors (Lipinski definition) is 7. The van der Waals surface area contributed by atoms with Crippen LogP contribution in [0.5, 0.6) is 11.5 Å². The number of aliphatic hydroxyl groups is 1. The standard InChI is InChI=1S/C31H43NO10/c1-16-24(41-6)23(28(38)39)17-14-32(18(27(36)37)8-9-21(33)34)26(35)22(17)25(16)42-15-20-30(4)12-7-11-29(2,3)19(30)10-13-31(20,5)40/h18-20,40H,7-15H2,1-6H3,(H,33,34)(H,36,37)(H,38,39). The maximum atomic E-state index is 13.8. The van der Waals surface area contributed by atoms with E-state index < -0.39 is 41.9 Å². The van der Waals surface area contributed by atoms with E-state index in [1.54, 1.807) is 6.92 Å². The van der Waals surface area contributed by atoms with Crippen LogP contribution in [-0.4, -0.2) is 74.5 Å². The first-order valence-electron chi connectivity index (χ1n) is 14.6. The van der Waals surface area contributed by atoms with Crippen molar-refractivity contribution in [3.63, 3.8) is 0 Å². The molecule has 1 aliphatic heterocycles. The molecule has 42 heavy (non-hydrogen) atoms. The summed E-state index contributed by atoms with van der Waals surface area (Å²) in [6, 6.07) is -1.48. The molecule has 4 rings (SSSR count). The molecule has 5 atom stereocenters. The third kappa shape index (κ3) is 5.20. The number of carboxylic acid groups (broad SMARTS) is 3. The Morgan fingerprint density at radius 1 is 1.05 bits per heavy atom. The fraction of sp³-hybridized carbons (Fsp3) is 0.677. The second-order valence-electron chi connectivity index (χ2n) is 13.4. The van der Waals surface area contributed by atoms with E-state index in [9.17, 15) is 34.5 Å². The lowest BCUT2D eigenvalue weighted by Crippen LogP contribution is -2.59. The number of hydrogen-bond donors (Lipinski definition) is 4. The molecule has 1 aromatic rings. The average Bonchev–Trinajstić information content (AvgIpc) is 3.19. The predicted molar refractivity (Wildman–Crippen MR) is 151 cm³/mol. The number of carbonyl (C=O) groups is 4. The van der Waals surface area contributed by atoms with Gasteiger partial charge in [0.1, 0.15) is 23.1 Å². The number of aliphatic carboxylic acids is 2. The summed E-state index contributed by atoms with van der Waals surface area (Å²) in [6.07, 6.45) is 3.69. The largest absolute Gasteiger partial charge is 0.495 e. The molecule has 4 N–H and O–H groups in total. The number of carboxylic acids is 3. The molecule has 1 aromatic carbocycles. The average molecular weight is 590 g/mol. The van der Waals surface area contributed by atoms with E-state index >= 15 is 0 Å². The van der Waals surface area contributed by atoms with E-state index in [1.807, 2.05) is 6.92 Å². The number of fused-ring (bicyclic) bond motifs is 2. The molecule has 1 amide bonds. The third-order valence-electron chi connectivity index (χ3n) is 10.4. The Hall–Kier alpha value is -3.34. The van der Waals surface area contributed by atoms with Crippen LogP contribution in [0.4, 0.5) is 0 Å². The number of aromatic carboxylic acids is 1. The number of benzene rings is 1. The third-order valence-corrected chi connectivity index (χ3v) is 10.4. The van der Waals surface area contributed by atoms with Crippen molar-refractivity contribution in [2.24, 2.45) is 22.7 Å². The highest BCUT2D eigenvalue weighted by Gasteiger charge is 2.58. The molecule has 11 heteroatoms. The Kier molecular flexibility index (Phi) is 8.32. The van der Waals surface area contributed by atoms with Crippen molar-refractivity contribution >= 4 is 23.8 Å². The predicted octanol–water partition coefficient (Wildman–Crippen LogP) is 4.35. The van der Waals surface area contributed by atoms with Crippen LogP contribution < -0.4 is 9.47 Å². The summed E-state index contributed by atoms with van der Waals surface area (Å²) in [4.78, 5) is 50.6. The van der Waals surface area contributed by atoms with Gasteiger partial charge in [0.05, 0.1) is 24.9 Å². The molecule has 1 heterocycles. The smallest absolute Gasteiger partial charge is 0.339 e. The second-order valence-corrected chi connectivity index (χ2v) is 13.4. The van der Waals surface area contributed by atoms with Gasteiger partial charge in [-0.1, -0.05) is 27.2 Å². The Morgan fingerprint density at radius 2 is 1.71 bits per heavy atom. The second kappa shape index (κ2) is 11.1. The monoisotopic (exact) mass is 589 g/mol. The van der Waals surface area contributed by atoms with Gasteiger partial charge in [-0.05, 0) is 62.7 Å². The van der Waals surface area contributed by atoms with Gasteiger partial charge in [-0.15, -0.1) is 0 Å². The summed E-state index contributed by atoms with van der Waals surface area (Å²) in [6.45, 7) is 9.87. The quantitative estimate of drug-likeness (QED) is 0.308. The molecule has 2 saturated carbocycles. The topological polar surface area (TPSA) is 171 Å². The first kappa shape index (κ1) is 31.6. The summed E-state index contributed by atoms with van der Waals surface area (Å²) in [5.41, 5.74) is -1.18. The van der Waals surface area contributed by atoms with Gasteiger partial charge >= 0.3 is 17.9 Å². The lowest BCUT2D eigenvalue weighted by molar-refractivity contribution is -0.176. The molecule has 0 bridgehead atoms. The molecular formula is C31H43NO10. The molecule has 232 valence electrons. The number of ether oxygens (including phenoxy) is 2. The van der Waals surface area contributed by atoms with E-state index in [0.717, 1.165) is 30.6 Å². The maximum absolute atomic E-state index is 13.8. The van der Waals surface area contributed by atoms with Gasteiger partial charge in [-0.3, -0.25) is 9.59 Å². The zero-order valence-corrected chi connectivity index (χ0v) is 25.3. The van der Waals surface area contributed by atoms with E-state index in [-0.39, 0.29) is 70.1 Å². The fourth-order valence-electron chi connectivity index (χ4n) is 8.39. The van der Waals surface area contributed by atoms with Crippen LogP contribution in [0.25, 0.3) is 0 Å². The van der Waals surface area contributed by atoms with Crippen LogP contribution in [0.15, 0.2) is 0 Å². The Morgan fingerprint density at radius 3 is 2.29 bits per heavy atom. The summed E-state index contributed by atoms with van der Waals surface area (Å²) in [5, 5.41) is 40.7. The molecule has 5 unspecified atom stereocenters. The van der Waals surface area contributed by atoms with Gasteiger partial charge in [0, 0.05) is 30.0 Å². The van der Waals surface area contributed by atoms with Crippen molar-refractivity contribution in [2.45, 2.75) is 97.8 Å². The van der Waals surface area contributed by atoms with Crippen LogP contribution >= 0.6 is 0 Å². The number of methoxy groups -OCH3 is 1. The maximum Gasteiger partial charge on any atom is 0.339 e. The van der Waals surface area contributed by atoms with Crippen molar-refractivity contribution < 1.29 is 49.1 Å². The van der Waals surface area contributed by atoms with Gasteiger partial charge in [0.2, 0.25) is 0 Å². The first-order valence-corrected chi connectivity index (χ1v) is 14.6. The van der Waals surface area contributed by atoms with Gasteiger partial charge < -0.3 is 34.8 Å². The zero-order valence-electron chi connectivity index (χ0n) is 25.3. The number of nitrogens with zero attached hydrogens (tertiary/aromatic N) is 1. The Labute approximate surface area is 245 Å². The highest BCUT2D eigenvalue weighted by atomic mass is 16.5. The van der Waals surface area contributed by atoms with E-state index in [4.69, 9.17) is 14.6 Å². The zero-order chi connectivity index (χ0) is 31.4.